The minimum atomic E-state index is 0.287. The van der Waals surface area contributed by atoms with Crippen molar-refractivity contribution < 1.29 is 14.1 Å². The first kappa shape index (κ1) is 19.4. The van der Waals surface area contributed by atoms with E-state index < -0.39 is 0 Å². The Balaban J connectivity index is 1.41. The largest absolute Gasteiger partial charge is 0.494 e. The van der Waals surface area contributed by atoms with E-state index in [9.17, 15) is 4.79 Å². The molecule has 1 aromatic carbocycles. The predicted molar refractivity (Wildman–Crippen MR) is 104 cm³/mol. The average molecular weight is 371 g/mol. The van der Waals surface area contributed by atoms with Crippen LogP contribution in [0.5, 0.6) is 5.75 Å². The van der Waals surface area contributed by atoms with Crippen LogP contribution < -0.4 is 9.64 Å². The summed E-state index contributed by atoms with van der Waals surface area (Å²) in [7, 11) is 0. The van der Waals surface area contributed by atoms with E-state index in [0.29, 0.717) is 30.0 Å². The lowest BCUT2D eigenvalue weighted by atomic mass is 9.84. The second-order valence-electron chi connectivity index (χ2n) is 7.72. The van der Waals surface area contributed by atoms with Gasteiger partial charge in [-0.1, -0.05) is 25.9 Å². The fraction of sp³-hybridized carbons (Fsp3) is 0.571. The molecule has 1 atom stereocenters. The number of anilines is 1. The second kappa shape index (κ2) is 9.02. The fourth-order valence-electron chi connectivity index (χ4n) is 3.49. The number of hydrogen-bond donors (Lipinski definition) is 0. The van der Waals surface area contributed by atoms with Gasteiger partial charge in [-0.3, -0.25) is 4.79 Å². The Labute approximate surface area is 160 Å². The Morgan fingerprint density at radius 3 is 2.52 bits per heavy atom. The zero-order valence-corrected chi connectivity index (χ0v) is 16.4. The molecule has 3 rings (SSSR count). The number of benzene rings is 1. The minimum Gasteiger partial charge on any atom is -0.494 e. The standard InChI is InChI=1S/C21H29N3O3/c1-15(2)20-22-21(27-23-20)24-11-8-18(9-12-24)16(3)10-13-26-19-6-4-17(14-25)5-7-19/h4-7,14-16,18H,8-13H2,1-3H3/t16-/m1/s1. The highest BCUT2D eigenvalue weighted by Gasteiger charge is 2.26. The molecule has 6 nitrogen and oxygen atoms in total. The SMILES string of the molecule is CC(C)c1noc(N2CCC([C@H](C)CCOc3ccc(C=O)cc3)CC2)n1. The molecular weight excluding hydrogens is 342 g/mol. The van der Waals surface area contributed by atoms with Gasteiger partial charge in [0, 0.05) is 24.6 Å². The topological polar surface area (TPSA) is 68.5 Å². The summed E-state index contributed by atoms with van der Waals surface area (Å²) in [5, 5.41) is 4.06. The zero-order valence-electron chi connectivity index (χ0n) is 16.4. The lowest BCUT2D eigenvalue weighted by molar-refractivity contribution is 0.112. The van der Waals surface area contributed by atoms with Gasteiger partial charge in [0.25, 0.3) is 0 Å². The summed E-state index contributed by atoms with van der Waals surface area (Å²) in [4.78, 5) is 17.4. The van der Waals surface area contributed by atoms with Crippen molar-refractivity contribution in [3.8, 4) is 5.75 Å². The molecule has 0 N–H and O–H groups in total. The van der Waals surface area contributed by atoms with Crippen molar-refractivity contribution in [3.05, 3.63) is 35.7 Å². The third-order valence-corrected chi connectivity index (χ3v) is 5.42. The molecule has 1 aromatic heterocycles. The van der Waals surface area contributed by atoms with Gasteiger partial charge < -0.3 is 14.2 Å². The number of aldehydes is 1. The van der Waals surface area contributed by atoms with Crippen molar-refractivity contribution >= 4 is 12.3 Å². The molecule has 27 heavy (non-hydrogen) atoms. The number of carbonyl (C=O) groups is 1. The van der Waals surface area contributed by atoms with E-state index in [4.69, 9.17) is 9.26 Å². The Bertz CT molecular complexity index is 719. The first-order chi connectivity index (χ1) is 13.1. The van der Waals surface area contributed by atoms with Crippen LogP contribution in [0.1, 0.15) is 62.1 Å². The highest BCUT2D eigenvalue weighted by atomic mass is 16.5. The summed E-state index contributed by atoms with van der Waals surface area (Å²) in [5.41, 5.74) is 0.671. The van der Waals surface area contributed by atoms with Crippen LogP contribution in [0.2, 0.25) is 0 Å². The Morgan fingerprint density at radius 2 is 1.93 bits per heavy atom. The highest BCUT2D eigenvalue weighted by Crippen LogP contribution is 2.29. The lowest BCUT2D eigenvalue weighted by Gasteiger charge is -2.33. The number of carbonyl (C=O) groups excluding carboxylic acids is 1. The smallest absolute Gasteiger partial charge is 0.324 e. The van der Waals surface area contributed by atoms with Crippen LogP contribution in [0, 0.1) is 11.8 Å². The first-order valence-corrected chi connectivity index (χ1v) is 9.83. The van der Waals surface area contributed by atoms with Crippen molar-refractivity contribution in [3.63, 3.8) is 0 Å². The van der Waals surface area contributed by atoms with E-state index in [1.54, 1.807) is 12.1 Å². The Kier molecular flexibility index (Phi) is 6.48. The van der Waals surface area contributed by atoms with Gasteiger partial charge >= 0.3 is 6.01 Å². The second-order valence-corrected chi connectivity index (χ2v) is 7.72. The molecule has 6 heteroatoms. The van der Waals surface area contributed by atoms with Gasteiger partial charge in [-0.25, -0.2) is 0 Å². The van der Waals surface area contributed by atoms with Gasteiger partial charge in [-0.05, 0) is 55.4 Å². The molecule has 2 aromatic rings. The molecule has 1 aliphatic rings. The van der Waals surface area contributed by atoms with E-state index in [1.165, 1.54) is 0 Å². The molecule has 0 radical (unpaired) electrons. The number of hydrogen-bond acceptors (Lipinski definition) is 6. The highest BCUT2D eigenvalue weighted by molar-refractivity contribution is 5.74. The molecule has 0 amide bonds. The lowest BCUT2D eigenvalue weighted by Crippen LogP contribution is -2.36. The van der Waals surface area contributed by atoms with E-state index in [1.807, 2.05) is 12.1 Å². The number of piperidine rings is 1. The summed E-state index contributed by atoms with van der Waals surface area (Å²) in [6.07, 6.45) is 4.14. The van der Waals surface area contributed by atoms with Crippen molar-refractivity contribution in [1.82, 2.24) is 10.1 Å². The van der Waals surface area contributed by atoms with Crippen molar-refractivity contribution in [1.29, 1.82) is 0 Å². The Morgan fingerprint density at radius 1 is 1.22 bits per heavy atom. The summed E-state index contributed by atoms with van der Waals surface area (Å²) in [6.45, 7) is 9.07. The van der Waals surface area contributed by atoms with Crippen LogP contribution in [-0.2, 0) is 0 Å². The quantitative estimate of drug-likeness (QED) is 0.644. The molecule has 1 aliphatic heterocycles. The van der Waals surface area contributed by atoms with E-state index >= 15 is 0 Å². The summed E-state index contributed by atoms with van der Waals surface area (Å²) >= 11 is 0. The molecule has 0 unspecified atom stereocenters. The number of nitrogens with zero attached hydrogens (tertiary/aromatic N) is 3. The number of rotatable bonds is 8. The minimum absolute atomic E-state index is 0.287. The average Bonchev–Trinajstić information content (AvgIpc) is 3.19. The van der Waals surface area contributed by atoms with Crippen LogP contribution in [-0.4, -0.2) is 36.1 Å². The molecule has 0 saturated carbocycles. The first-order valence-electron chi connectivity index (χ1n) is 9.83. The van der Waals surface area contributed by atoms with Crippen LogP contribution in [0.4, 0.5) is 6.01 Å². The molecule has 0 bridgehead atoms. The maximum atomic E-state index is 10.7. The fourth-order valence-corrected chi connectivity index (χ4v) is 3.49. The summed E-state index contributed by atoms with van der Waals surface area (Å²) < 4.78 is 11.2. The molecule has 0 spiro atoms. The van der Waals surface area contributed by atoms with Gasteiger partial charge in [-0.2, -0.15) is 4.98 Å². The molecule has 1 fully saturated rings. The summed E-state index contributed by atoms with van der Waals surface area (Å²) in [6, 6.07) is 7.92. The normalized spacial score (nSPS) is 16.5. The van der Waals surface area contributed by atoms with Crippen molar-refractivity contribution in [2.45, 2.75) is 46.0 Å². The van der Waals surface area contributed by atoms with Gasteiger partial charge in [0.2, 0.25) is 0 Å². The molecular formula is C21H29N3O3. The van der Waals surface area contributed by atoms with Crippen LogP contribution in [0.3, 0.4) is 0 Å². The molecule has 1 saturated heterocycles. The number of aromatic nitrogens is 2. The maximum Gasteiger partial charge on any atom is 0.324 e. The van der Waals surface area contributed by atoms with Gasteiger partial charge in [0.05, 0.1) is 6.61 Å². The van der Waals surface area contributed by atoms with Gasteiger partial charge in [0.1, 0.15) is 12.0 Å². The predicted octanol–water partition coefficient (Wildman–Crippen LogP) is 4.33. The van der Waals surface area contributed by atoms with Crippen molar-refractivity contribution in [2.24, 2.45) is 11.8 Å². The molecule has 2 heterocycles. The Hall–Kier alpha value is -2.37. The van der Waals surface area contributed by atoms with Crippen molar-refractivity contribution in [2.75, 3.05) is 24.6 Å². The molecule has 146 valence electrons. The van der Waals surface area contributed by atoms with Crippen LogP contribution in [0.25, 0.3) is 0 Å². The third-order valence-electron chi connectivity index (χ3n) is 5.42. The van der Waals surface area contributed by atoms with E-state index in [-0.39, 0.29) is 5.92 Å². The van der Waals surface area contributed by atoms with E-state index in [0.717, 1.165) is 50.2 Å². The van der Waals surface area contributed by atoms with Crippen LogP contribution >= 0.6 is 0 Å². The number of ether oxygens (including phenoxy) is 1. The van der Waals surface area contributed by atoms with Crippen LogP contribution in [0.15, 0.2) is 28.8 Å². The summed E-state index contributed by atoms with van der Waals surface area (Å²) in [5.74, 6) is 3.18. The van der Waals surface area contributed by atoms with E-state index in [2.05, 4.69) is 35.8 Å². The molecule has 0 aliphatic carbocycles. The zero-order chi connectivity index (χ0) is 19.2. The monoisotopic (exact) mass is 371 g/mol. The third kappa shape index (κ3) is 5.08. The van der Waals surface area contributed by atoms with Gasteiger partial charge in [-0.15, -0.1) is 0 Å². The maximum absolute atomic E-state index is 10.7. The van der Waals surface area contributed by atoms with Gasteiger partial charge in [0.15, 0.2) is 5.82 Å².